The summed E-state index contributed by atoms with van der Waals surface area (Å²) in [5.74, 6) is -0.981. The molecule has 1 aliphatic rings. The number of rotatable bonds is 7. The maximum atomic E-state index is 13.7. The standard InChI is InChI=1S/C19H22F2N2O3S/c1-26-16-7-4-14(5-8-16)18-3-2-11-23(18)12-10-22-27(24,25)19-13-15(20)6-9-17(19)21/h4-9,13,18,22H,2-3,10-12H2,1H3. The number of halogens is 2. The lowest BCUT2D eigenvalue weighted by Gasteiger charge is -2.25. The summed E-state index contributed by atoms with van der Waals surface area (Å²) >= 11 is 0. The van der Waals surface area contributed by atoms with Crippen LogP contribution in [0.2, 0.25) is 0 Å². The van der Waals surface area contributed by atoms with Crippen molar-refractivity contribution in [2.75, 3.05) is 26.7 Å². The number of methoxy groups -OCH3 is 1. The molecule has 3 rings (SSSR count). The molecule has 1 atom stereocenters. The highest BCUT2D eigenvalue weighted by Crippen LogP contribution is 2.32. The van der Waals surface area contributed by atoms with Crippen molar-refractivity contribution < 1.29 is 21.9 Å². The van der Waals surface area contributed by atoms with E-state index in [-0.39, 0.29) is 12.6 Å². The van der Waals surface area contributed by atoms with Gasteiger partial charge in [0.05, 0.1) is 7.11 Å². The van der Waals surface area contributed by atoms with Gasteiger partial charge in [0.1, 0.15) is 22.3 Å². The first-order valence-corrected chi connectivity index (χ1v) is 10.2. The summed E-state index contributed by atoms with van der Waals surface area (Å²) < 4.78 is 59.0. The van der Waals surface area contributed by atoms with Crippen molar-refractivity contribution in [1.29, 1.82) is 0 Å². The zero-order valence-electron chi connectivity index (χ0n) is 15.0. The van der Waals surface area contributed by atoms with E-state index in [1.807, 2.05) is 24.3 Å². The molecule has 2 aromatic carbocycles. The Morgan fingerprint density at radius 1 is 1.19 bits per heavy atom. The highest BCUT2D eigenvalue weighted by atomic mass is 32.2. The van der Waals surface area contributed by atoms with Crippen LogP contribution in [0.5, 0.6) is 5.75 Å². The molecule has 0 amide bonds. The summed E-state index contributed by atoms with van der Waals surface area (Å²) in [6.07, 6.45) is 2.00. The van der Waals surface area contributed by atoms with Crippen molar-refractivity contribution in [3.05, 3.63) is 59.7 Å². The Hall–Kier alpha value is -2.03. The Morgan fingerprint density at radius 3 is 2.63 bits per heavy atom. The Balaban J connectivity index is 1.62. The molecule has 27 heavy (non-hydrogen) atoms. The zero-order valence-corrected chi connectivity index (χ0v) is 15.8. The number of hydrogen-bond acceptors (Lipinski definition) is 4. The third-order valence-corrected chi connectivity index (χ3v) is 6.21. The van der Waals surface area contributed by atoms with Crippen molar-refractivity contribution >= 4 is 10.0 Å². The average Bonchev–Trinajstić information content (AvgIpc) is 3.12. The minimum Gasteiger partial charge on any atom is -0.497 e. The number of benzene rings is 2. The Labute approximate surface area is 158 Å². The van der Waals surface area contributed by atoms with Crippen LogP contribution in [0.1, 0.15) is 24.4 Å². The summed E-state index contributed by atoms with van der Waals surface area (Å²) in [5, 5.41) is 0. The van der Waals surface area contributed by atoms with E-state index in [0.29, 0.717) is 12.6 Å². The summed E-state index contributed by atoms with van der Waals surface area (Å²) in [4.78, 5) is 1.52. The Kier molecular flexibility index (Phi) is 6.08. The molecule has 1 aliphatic heterocycles. The van der Waals surface area contributed by atoms with E-state index in [1.54, 1.807) is 7.11 Å². The highest BCUT2D eigenvalue weighted by molar-refractivity contribution is 7.89. The molecule has 8 heteroatoms. The van der Waals surface area contributed by atoms with Crippen molar-refractivity contribution in [3.8, 4) is 5.75 Å². The molecule has 0 aromatic heterocycles. The lowest BCUT2D eigenvalue weighted by molar-refractivity contribution is 0.261. The number of likely N-dealkylation sites (tertiary alicyclic amines) is 1. The minimum absolute atomic E-state index is 0.116. The Morgan fingerprint density at radius 2 is 1.93 bits per heavy atom. The molecule has 1 N–H and O–H groups in total. The van der Waals surface area contributed by atoms with Crippen LogP contribution in [0.4, 0.5) is 8.78 Å². The monoisotopic (exact) mass is 396 g/mol. The van der Waals surface area contributed by atoms with Gasteiger partial charge >= 0.3 is 0 Å². The third-order valence-electron chi connectivity index (χ3n) is 4.74. The van der Waals surface area contributed by atoms with Crippen molar-refractivity contribution in [2.24, 2.45) is 0 Å². The van der Waals surface area contributed by atoms with E-state index in [4.69, 9.17) is 4.74 Å². The molecule has 0 aliphatic carbocycles. The van der Waals surface area contributed by atoms with Gasteiger partial charge in [0.2, 0.25) is 10.0 Å². The molecule has 0 radical (unpaired) electrons. The van der Waals surface area contributed by atoms with Gasteiger partial charge in [0.25, 0.3) is 0 Å². The Bertz CT molecular complexity index is 888. The van der Waals surface area contributed by atoms with Crippen LogP contribution in [0.15, 0.2) is 47.4 Å². The average molecular weight is 396 g/mol. The summed E-state index contributed by atoms with van der Waals surface area (Å²) in [7, 11) is -2.49. The first-order valence-electron chi connectivity index (χ1n) is 8.73. The second-order valence-corrected chi connectivity index (χ2v) is 8.18. The molecule has 1 unspecified atom stereocenters. The number of nitrogens with zero attached hydrogens (tertiary/aromatic N) is 1. The molecular formula is C19H22F2N2O3S. The SMILES string of the molecule is COc1ccc(C2CCCN2CCNS(=O)(=O)c2cc(F)ccc2F)cc1. The van der Waals surface area contributed by atoms with Gasteiger partial charge in [0.15, 0.2) is 0 Å². The third kappa shape index (κ3) is 4.63. The molecule has 2 aromatic rings. The van der Waals surface area contributed by atoms with Gasteiger partial charge in [-0.05, 0) is 55.3 Å². The van der Waals surface area contributed by atoms with Gasteiger partial charge in [-0.1, -0.05) is 12.1 Å². The van der Waals surface area contributed by atoms with Crippen LogP contribution >= 0.6 is 0 Å². The topological polar surface area (TPSA) is 58.6 Å². The van der Waals surface area contributed by atoms with Crippen LogP contribution in [0.3, 0.4) is 0 Å². The van der Waals surface area contributed by atoms with Crippen LogP contribution in [-0.2, 0) is 10.0 Å². The molecule has 1 fully saturated rings. The molecule has 0 bridgehead atoms. The maximum Gasteiger partial charge on any atom is 0.243 e. The lowest BCUT2D eigenvalue weighted by Crippen LogP contribution is -2.35. The fourth-order valence-electron chi connectivity index (χ4n) is 3.38. The minimum atomic E-state index is -4.10. The van der Waals surface area contributed by atoms with E-state index in [0.717, 1.165) is 42.8 Å². The molecule has 5 nitrogen and oxygen atoms in total. The van der Waals surface area contributed by atoms with Crippen molar-refractivity contribution in [3.63, 3.8) is 0 Å². The first kappa shape index (κ1) is 19.7. The molecule has 1 heterocycles. The second-order valence-electron chi connectivity index (χ2n) is 6.44. The first-order chi connectivity index (χ1) is 12.9. The van der Waals surface area contributed by atoms with Gasteiger partial charge < -0.3 is 4.74 Å². The van der Waals surface area contributed by atoms with Gasteiger partial charge in [-0.25, -0.2) is 21.9 Å². The fourth-order valence-corrected chi connectivity index (χ4v) is 4.49. The van der Waals surface area contributed by atoms with Gasteiger partial charge in [0, 0.05) is 19.1 Å². The molecule has 0 spiro atoms. The van der Waals surface area contributed by atoms with E-state index in [9.17, 15) is 17.2 Å². The zero-order chi connectivity index (χ0) is 19.4. The van der Waals surface area contributed by atoms with Crippen LogP contribution in [0.25, 0.3) is 0 Å². The van der Waals surface area contributed by atoms with E-state index >= 15 is 0 Å². The summed E-state index contributed by atoms with van der Waals surface area (Å²) in [6, 6.07) is 10.4. The molecule has 0 saturated carbocycles. The molecular weight excluding hydrogens is 374 g/mol. The fraction of sp³-hybridized carbons (Fsp3) is 0.368. The predicted molar refractivity (Wildman–Crippen MR) is 98.1 cm³/mol. The lowest BCUT2D eigenvalue weighted by atomic mass is 10.0. The highest BCUT2D eigenvalue weighted by Gasteiger charge is 2.26. The summed E-state index contributed by atoms with van der Waals surface area (Å²) in [5.41, 5.74) is 1.15. The molecule has 146 valence electrons. The van der Waals surface area contributed by atoms with Crippen LogP contribution in [-0.4, -0.2) is 40.1 Å². The number of ether oxygens (including phenoxy) is 1. The number of sulfonamides is 1. The van der Waals surface area contributed by atoms with Crippen molar-refractivity contribution in [1.82, 2.24) is 9.62 Å². The maximum absolute atomic E-state index is 13.7. The van der Waals surface area contributed by atoms with E-state index in [2.05, 4.69) is 9.62 Å². The number of nitrogens with one attached hydrogen (secondary N) is 1. The largest absolute Gasteiger partial charge is 0.497 e. The summed E-state index contributed by atoms with van der Waals surface area (Å²) in [6.45, 7) is 1.45. The van der Waals surface area contributed by atoms with Crippen molar-refractivity contribution in [2.45, 2.75) is 23.8 Å². The smallest absolute Gasteiger partial charge is 0.243 e. The van der Waals surface area contributed by atoms with Gasteiger partial charge in [-0.15, -0.1) is 0 Å². The normalized spacial score (nSPS) is 18.0. The van der Waals surface area contributed by atoms with Gasteiger partial charge in [-0.2, -0.15) is 0 Å². The van der Waals surface area contributed by atoms with Crippen LogP contribution in [0, 0.1) is 11.6 Å². The second kappa shape index (κ2) is 8.33. The van der Waals surface area contributed by atoms with Gasteiger partial charge in [-0.3, -0.25) is 4.90 Å². The van der Waals surface area contributed by atoms with E-state index in [1.165, 1.54) is 0 Å². The van der Waals surface area contributed by atoms with Crippen LogP contribution < -0.4 is 9.46 Å². The molecule has 1 saturated heterocycles. The quantitative estimate of drug-likeness (QED) is 0.781. The predicted octanol–water partition coefficient (Wildman–Crippen LogP) is 3.09. The number of hydrogen-bond donors (Lipinski definition) is 1. The van der Waals surface area contributed by atoms with E-state index < -0.39 is 26.6 Å².